The van der Waals surface area contributed by atoms with Crippen LogP contribution in [-0.2, 0) is 17.1 Å². The molecule has 0 radical (unpaired) electrons. The number of aliphatic carboxylic acids is 1. The Balaban J connectivity index is 1.79. The zero-order chi connectivity index (χ0) is 29.1. The summed E-state index contributed by atoms with van der Waals surface area (Å²) >= 11 is 0. The molecule has 0 aliphatic heterocycles. The summed E-state index contributed by atoms with van der Waals surface area (Å²) in [7, 11) is 0. The number of halogens is 2. The zero-order valence-electron chi connectivity index (χ0n) is 23.5. The summed E-state index contributed by atoms with van der Waals surface area (Å²) in [4.78, 5) is 23.1. The summed E-state index contributed by atoms with van der Waals surface area (Å²) in [6.07, 6.45) is 5.63. The number of carboxylic acids is 1. The molecule has 1 atom stereocenters. The number of unbranched alkanes of at least 4 members (excludes halogenated alkanes) is 3. The first-order chi connectivity index (χ1) is 19.1. The smallest absolute Gasteiger partial charge is 0.305 e. The fourth-order valence-corrected chi connectivity index (χ4v) is 4.61. The molecule has 0 saturated carbocycles. The van der Waals surface area contributed by atoms with E-state index in [2.05, 4.69) is 19.2 Å². The maximum Gasteiger partial charge on any atom is 0.305 e. The molecular formula is C33H39F2NO4. The van der Waals surface area contributed by atoms with Crippen LogP contribution >= 0.6 is 0 Å². The summed E-state index contributed by atoms with van der Waals surface area (Å²) < 4.78 is 33.8. The van der Waals surface area contributed by atoms with Crippen LogP contribution in [0.3, 0.4) is 0 Å². The number of aryl methyl sites for hydroxylation is 1. The lowest BCUT2D eigenvalue weighted by Gasteiger charge is -2.21. The Morgan fingerprint density at radius 2 is 1.65 bits per heavy atom. The van der Waals surface area contributed by atoms with Crippen molar-refractivity contribution in [3.63, 3.8) is 0 Å². The number of alkyl halides is 2. The second-order valence-electron chi connectivity index (χ2n) is 10.1. The standard InChI is InChI=1S/C33H39F2NO4/c1-4-6-7-8-9-30(25-10-12-26(13-11-25)32(39)36-21-20-31(37)38)40-28-18-19-29(23(5-2)22-28)24-14-16-27(17-15-24)33(3,34)35/h10-19,22,30H,4-9,20-21H2,1-3H3,(H,36,39)(H,37,38). The molecule has 0 fully saturated rings. The predicted molar refractivity (Wildman–Crippen MR) is 154 cm³/mol. The maximum atomic E-state index is 13.7. The fourth-order valence-electron chi connectivity index (χ4n) is 4.61. The Kier molecular flexibility index (Phi) is 11.2. The molecule has 1 amide bonds. The predicted octanol–water partition coefficient (Wildman–Crippen LogP) is 8.32. The lowest BCUT2D eigenvalue weighted by atomic mass is 9.96. The second-order valence-corrected chi connectivity index (χ2v) is 10.1. The molecular weight excluding hydrogens is 512 g/mol. The van der Waals surface area contributed by atoms with E-state index >= 15 is 0 Å². The number of hydrogen-bond donors (Lipinski definition) is 2. The first-order valence-corrected chi connectivity index (χ1v) is 14.0. The van der Waals surface area contributed by atoms with Crippen LogP contribution in [0.15, 0.2) is 66.7 Å². The number of carbonyl (C=O) groups is 2. The number of ether oxygens (including phenoxy) is 1. The average Bonchev–Trinajstić information content (AvgIpc) is 2.94. The van der Waals surface area contributed by atoms with E-state index in [0.29, 0.717) is 5.56 Å². The molecule has 3 aromatic carbocycles. The van der Waals surface area contributed by atoms with Gasteiger partial charge in [-0.3, -0.25) is 9.59 Å². The number of carbonyl (C=O) groups excluding carboxylic acids is 1. The minimum Gasteiger partial charge on any atom is -0.486 e. The largest absolute Gasteiger partial charge is 0.486 e. The maximum absolute atomic E-state index is 13.7. The van der Waals surface area contributed by atoms with Crippen molar-refractivity contribution in [3.8, 4) is 16.9 Å². The van der Waals surface area contributed by atoms with E-state index in [9.17, 15) is 18.4 Å². The average molecular weight is 552 g/mol. The molecule has 0 heterocycles. The second kappa shape index (κ2) is 14.6. The molecule has 0 aliphatic carbocycles. The Hall–Kier alpha value is -3.74. The van der Waals surface area contributed by atoms with Crippen LogP contribution in [0.5, 0.6) is 5.75 Å². The Morgan fingerprint density at radius 3 is 2.25 bits per heavy atom. The van der Waals surface area contributed by atoms with Crippen LogP contribution < -0.4 is 10.1 Å². The van der Waals surface area contributed by atoms with Crippen LogP contribution in [-0.4, -0.2) is 23.5 Å². The molecule has 7 heteroatoms. The monoisotopic (exact) mass is 551 g/mol. The molecule has 2 N–H and O–H groups in total. The van der Waals surface area contributed by atoms with Crippen LogP contribution in [0.4, 0.5) is 8.78 Å². The van der Waals surface area contributed by atoms with Crippen LogP contribution in [0.2, 0.25) is 0 Å². The molecule has 3 aromatic rings. The van der Waals surface area contributed by atoms with E-state index in [1.165, 1.54) is 12.1 Å². The summed E-state index contributed by atoms with van der Waals surface area (Å²) in [6, 6.07) is 19.6. The fraction of sp³-hybridized carbons (Fsp3) is 0.394. The van der Waals surface area contributed by atoms with Gasteiger partial charge in [-0.05, 0) is 65.8 Å². The molecule has 5 nitrogen and oxygen atoms in total. The van der Waals surface area contributed by atoms with Gasteiger partial charge < -0.3 is 15.2 Å². The number of rotatable bonds is 15. The van der Waals surface area contributed by atoms with E-state index < -0.39 is 11.9 Å². The summed E-state index contributed by atoms with van der Waals surface area (Å²) in [5.74, 6) is -3.42. The highest BCUT2D eigenvalue weighted by Crippen LogP contribution is 2.34. The van der Waals surface area contributed by atoms with Crippen molar-refractivity contribution in [1.29, 1.82) is 0 Å². The molecule has 40 heavy (non-hydrogen) atoms. The van der Waals surface area contributed by atoms with Crippen LogP contribution in [0.25, 0.3) is 11.1 Å². The van der Waals surface area contributed by atoms with E-state index in [4.69, 9.17) is 9.84 Å². The van der Waals surface area contributed by atoms with Crippen molar-refractivity contribution in [3.05, 3.63) is 89.0 Å². The third kappa shape index (κ3) is 8.90. The number of nitrogens with one attached hydrogen (secondary N) is 1. The van der Waals surface area contributed by atoms with Crippen molar-refractivity contribution >= 4 is 11.9 Å². The first kappa shape index (κ1) is 30.8. The van der Waals surface area contributed by atoms with Gasteiger partial charge in [0.05, 0.1) is 6.42 Å². The third-order valence-electron chi connectivity index (χ3n) is 6.93. The number of amides is 1. The summed E-state index contributed by atoms with van der Waals surface area (Å²) in [6.45, 7) is 5.20. The van der Waals surface area contributed by atoms with Gasteiger partial charge in [-0.2, -0.15) is 0 Å². The van der Waals surface area contributed by atoms with E-state index in [0.717, 1.165) is 73.5 Å². The van der Waals surface area contributed by atoms with Crippen LogP contribution in [0.1, 0.15) is 92.4 Å². The number of hydrogen-bond acceptors (Lipinski definition) is 3. The van der Waals surface area contributed by atoms with Crippen molar-refractivity contribution in [1.82, 2.24) is 5.32 Å². The van der Waals surface area contributed by atoms with Gasteiger partial charge >= 0.3 is 5.97 Å². The van der Waals surface area contributed by atoms with Crippen molar-refractivity contribution in [2.75, 3.05) is 6.54 Å². The summed E-state index contributed by atoms with van der Waals surface area (Å²) in [5, 5.41) is 11.4. The van der Waals surface area contributed by atoms with Gasteiger partial charge in [0.1, 0.15) is 11.9 Å². The van der Waals surface area contributed by atoms with Crippen LogP contribution in [0, 0.1) is 0 Å². The molecule has 0 aromatic heterocycles. The number of carboxylic acid groups (broad SMARTS) is 1. The Morgan fingerprint density at radius 1 is 0.950 bits per heavy atom. The molecule has 0 aliphatic rings. The molecule has 3 rings (SSSR count). The normalized spacial score (nSPS) is 12.1. The van der Waals surface area contributed by atoms with Gasteiger partial charge in [-0.1, -0.05) is 75.6 Å². The molecule has 0 spiro atoms. The van der Waals surface area contributed by atoms with Gasteiger partial charge in [0, 0.05) is 24.6 Å². The molecule has 0 bridgehead atoms. The van der Waals surface area contributed by atoms with Gasteiger partial charge in [0.2, 0.25) is 0 Å². The van der Waals surface area contributed by atoms with Gasteiger partial charge in [-0.25, -0.2) is 8.78 Å². The lowest BCUT2D eigenvalue weighted by molar-refractivity contribution is -0.136. The zero-order valence-corrected chi connectivity index (χ0v) is 23.5. The van der Waals surface area contributed by atoms with E-state index in [-0.39, 0.29) is 30.5 Å². The first-order valence-electron chi connectivity index (χ1n) is 14.0. The van der Waals surface area contributed by atoms with E-state index in [1.54, 1.807) is 24.3 Å². The third-order valence-corrected chi connectivity index (χ3v) is 6.93. The van der Waals surface area contributed by atoms with Gasteiger partial charge in [0.25, 0.3) is 11.8 Å². The van der Waals surface area contributed by atoms with Gasteiger partial charge in [-0.15, -0.1) is 0 Å². The van der Waals surface area contributed by atoms with Crippen molar-refractivity contribution in [2.24, 2.45) is 0 Å². The quantitative estimate of drug-likeness (QED) is 0.186. The topological polar surface area (TPSA) is 75.6 Å². The molecule has 1 unspecified atom stereocenters. The summed E-state index contributed by atoms with van der Waals surface area (Å²) in [5.41, 5.74) is 4.33. The molecule has 214 valence electrons. The SMILES string of the molecule is CCCCCCC(Oc1ccc(-c2ccc(C(C)(F)F)cc2)c(CC)c1)c1ccc(C(=O)NCCC(=O)O)cc1. The van der Waals surface area contributed by atoms with Crippen molar-refractivity contribution in [2.45, 2.75) is 77.7 Å². The number of benzene rings is 3. The minimum absolute atomic E-state index is 0.0103. The highest BCUT2D eigenvalue weighted by Gasteiger charge is 2.24. The Bertz CT molecular complexity index is 1250. The highest BCUT2D eigenvalue weighted by atomic mass is 19.3. The lowest BCUT2D eigenvalue weighted by Crippen LogP contribution is -2.26. The van der Waals surface area contributed by atoms with Crippen molar-refractivity contribution < 1.29 is 28.2 Å². The molecule has 0 saturated heterocycles. The highest BCUT2D eigenvalue weighted by molar-refractivity contribution is 5.94. The minimum atomic E-state index is -2.88. The Labute approximate surface area is 235 Å². The van der Waals surface area contributed by atoms with Gasteiger partial charge in [0.15, 0.2) is 0 Å². The van der Waals surface area contributed by atoms with E-state index in [1.807, 2.05) is 30.3 Å².